The van der Waals surface area contributed by atoms with E-state index in [2.05, 4.69) is 6.07 Å². The molecule has 0 N–H and O–H groups in total. The number of piperidine rings is 1. The van der Waals surface area contributed by atoms with Crippen LogP contribution in [0, 0.1) is 0 Å². The average molecular weight is 383 g/mol. The zero-order chi connectivity index (χ0) is 18.8. The molecule has 27 heavy (non-hydrogen) atoms. The van der Waals surface area contributed by atoms with Crippen LogP contribution in [-0.4, -0.2) is 46.0 Å². The van der Waals surface area contributed by atoms with E-state index in [4.69, 9.17) is 9.72 Å². The van der Waals surface area contributed by atoms with Gasteiger partial charge in [0.05, 0.1) is 15.2 Å². The third-order valence-electron chi connectivity index (χ3n) is 4.91. The number of para-hydroxylation sites is 1. The van der Waals surface area contributed by atoms with Gasteiger partial charge in [0, 0.05) is 32.3 Å². The van der Waals surface area contributed by atoms with Crippen LogP contribution >= 0.6 is 11.3 Å². The number of aromatic nitrogens is 2. The number of aryl methyl sites for hydroxylation is 1. The number of ether oxygens (including phenoxy) is 1. The number of hydrogen-bond acceptors (Lipinski definition) is 5. The molecule has 1 fully saturated rings. The zero-order valence-electron chi connectivity index (χ0n) is 15.1. The number of fused-ring (bicyclic) bond motifs is 1. The van der Waals surface area contributed by atoms with Crippen molar-refractivity contribution < 1.29 is 14.3 Å². The Hall–Kier alpha value is -2.67. The van der Waals surface area contributed by atoms with Crippen LogP contribution in [0.3, 0.4) is 0 Å². The summed E-state index contributed by atoms with van der Waals surface area (Å²) in [6.07, 6.45) is 3.72. The number of esters is 1. The molecule has 3 aromatic rings. The van der Waals surface area contributed by atoms with Gasteiger partial charge < -0.3 is 14.2 Å². The Morgan fingerprint density at radius 2 is 2.11 bits per heavy atom. The predicted octanol–water partition coefficient (Wildman–Crippen LogP) is 3.20. The van der Waals surface area contributed by atoms with Gasteiger partial charge in [-0.2, -0.15) is 0 Å². The second-order valence-electron chi connectivity index (χ2n) is 6.78. The maximum atomic E-state index is 12.5. The van der Waals surface area contributed by atoms with Gasteiger partial charge >= 0.3 is 5.97 Å². The van der Waals surface area contributed by atoms with Crippen molar-refractivity contribution in [2.75, 3.05) is 19.7 Å². The predicted molar refractivity (Wildman–Crippen MR) is 104 cm³/mol. The molecule has 0 bridgehead atoms. The lowest BCUT2D eigenvalue weighted by Gasteiger charge is -2.31. The highest BCUT2D eigenvalue weighted by Crippen LogP contribution is 2.32. The molecule has 1 aliphatic heterocycles. The average Bonchev–Trinajstić information content (AvgIpc) is 3.32. The van der Waals surface area contributed by atoms with Crippen LogP contribution in [0.5, 0.6) is 0 Å². The van der Waals surface area contributed by atoms with Crippen molar-refractivity contribution >= 4 is 33.4 Å². The molecule has 7 heteroatoms. The summed E-state index contributed by atoms with van der Waals surface area (Å²) in [6.45, 7) is 1.10. The van der Waals surface area contributed by atoms with E-state index in [-0.39, 0.29) is 18.4 Å². The first kappa shape index (κ1) is 17.7. The molecule has 0 radical (unpaired) electrons. The Balaban J connectivity index is 1.38. The maximum absolute atomic E-state index is 12.5. The summed E-state index contributed by atoms with van der Waals surface area (Å²) in [7, 11) is 1.77. The summed E-state index contributed by atoms with van der Waals surface area (Å²) in [5, 5.41) is 1.08. The molecule has 1 atom stereocenters. The van der Waals surface area contributed by atoms with Crippen LogP contribution in [0.1, 0.15) is 34.3 Å². The van der Waals surface area contributed by atoms with Gasteiger partial charge in [0.15, 0.2) is 6.61 Å². The normalized spacial score (nSPS) is 17.2. The first-order valence-corrected chi connectivity index (χ1v) is 9.85. The Kier molecular flexibility index (Phi) is 4.94. The number of hydrogen-bond donors (Lipinski definition) is 0. The number of thiazole rings is 1. The van der Waals surface area contributed by atoms with E-state index in [9.17, 15) is 9.59 Å². The van der Waals surface area contributed by atoms with Crippen LogP contribution in [-0.2, 0) is 16.6 Å². The Morgan fingerprint density at radius 1 is 1.26 bits per heavy atom. The molecular formula is C20H21N3O3S. The molecule has 6 nitrogen and oxygen atoms in total. The molecule has 0 aliphatic carbocycles. The first-order chi connectivity index (χ1) is 13.1. The minimum Gasteiger partial charge on any atom is -0.451 e. The summed E-state index contributed by atoms with van der Waals surface area (Å²) in [6, 6.07) is 11.5. The Labute approximate surface area is 161 Å². The van der Waals surface area contributed by atoms with E-state index in [0.717, 1.165) is 23.4 Å². The van der Waals surface area contributed by atoms with Gasteiger partial charge in [-0.15, -0.1) is 11.3 Å². The summed E-state index contributed by atoms with van der Waals surface area (Å²) in [5.41, 5.74) is 1.45. The summed E-state index contributed by atoms with van der Waals surface area (Å²) >= 11 is 1.70. The molecule has 1 aromatic carbocycles. The van der Waals surface area contributed by atoms with Crippen LogP contribution in [0.2, 0.25) is 0 Å². The highest BCUT2D eigenvalue weighted by Gasteiger charge is 2.27. The number of benzene rings is 1. The molecule has 140 valence electrons. The number of carbonyl (C=O) groups excluding carboxylic acids is 2. The fourth-order valence-electron chi connectivity index (χ4n) is 3.44. The highest BCUT2D eigenvalue weighted by atomic mass is 32.1. The third-order valence-corrected chi connectivity index (χ3v) is 6.11. The largest absolute Gasteiger partial charge is 0.451 e. The third kappa shape index (κ3) is 3.73. The minimum absolute atomic E-state index is 0.150. The molecule has 4 rings (SSSR count). The van der Waals surface area contributed by atoms with Gasteiger partial charge in [-0.1, -0.05) is 12.1 Å². The molecule has 1 saturated heterocycles. The maximum Gasteiger partial charge on any atom is 0.355 e. The summed E-state index contributed by atoms with van der Waals surface area (Å²) in [5.74, 6) is -0.386. The fraction of sp³-hybridized carbons (Fsp3) is 0.350. The van der Waals surface area contributed by atoms with Crippen molar-refractivity contribution in [2.45, 2.75) is 18.8 Å². The van der Waals surface area contributed by atoms with Gasteiger partial charge in [-0.25, -0.2) is 9.78 Å². The van der Waals surface area contributed by atoms with Crippen LogP contribution in [0.25, 0.3) is 10.2 Å². The molecule has 0 unspecified atom stereocenters. The topological polar surface area (TPSA) is 64.4 Å². The lowest BCUT2D eigenvalue weighted by molar-refractivity contribution is -0.135. The van der Waals surface area contributed by atoms with Crippen molar-refractivity contribution in [3.8, 4) is 0 Å². The molecular weight excluding hydrogens is 362 g/mol. The molecule has 0 spiro atoms. The zero-order valence-corrected chi connectivity index (χ0v) is 15.9. The second kappa shape index (κ2) is 7.52. The number of likely N-dealkylation sites (tertiary alicyclic amines) is 1. The molecule has 3 heterocycles. The number of nitrogens with zero attached hydrogens (tertiary/aromatic N) is 3. The van der Waals surface area contributed by atoms with Crippen LogP contribution in [0.15, 0.2) is 42.6 Å². The SMILES string of the molecule is Cn1cccc1C(=O)OCC(=O)N1CCC[C@H](c2nc3ccccc3s2)C1. The summed E-state index contributed by atoms with van der Waals surface area (Å²) < 4.78 is 8.06. The minimum atomic E-state index is -0.476. The van der Waals surface area contributed by atoms with E-state index in [1.165, 1.54) is 4.70 Å². The van der Waals surface area contributed by atoms with Crippen molar-refractivity contribution in [1.29, 1.82) is 0 Å². The van der Waals surface area contributed by atoms with Gasteiger partial charge in [-0.05, 0) is 37.1 Å². The molecule has 0 saturated carbocycles. The molecule has 1 aliphatic rings. The number of rotatable bonds is 4. The standard InChI is InChI=1S/C20H21N3O3S/c1-22-10-5-8-16(22)20(25)26-13-18(24)23-11-4-6-14(12-23)19-21-15-7-2-3-9-17(15)27-19/h2-3,5,7-10,14H,4,6,11-13H2,1H3/t14-/m0/s1. The van der Waals surface area contributed by atoms with Crippen molar-refractivity contribution in [3.63, 3.8) is 0 Å². The lowest BCUT2D eigenvalue weighted by Crippen LogP contribution is -2.41. The van der Waals surface area contributed by atoms with Crippen molar-refractivity contribution in [1.82, 2.24) is 14.5 Å². The quantitative estimate of drug-likeness (QED) is 0.649. The fourth-order valence-corrected chi connectivity index (χ4v) is 4.53. The van der Waals surface area contributed by atoms with Gasteiger partial charge in [0.2, 0.25) is 0 Å². The van der Waals surface area contributed by atoms with Crippen LogP contribution in [0.4, 0.5) is 0 Å². The first-order valence-electron chi connectivity index (χ1n) is 9.03. The summed E-state index contributed by atoms with van der Waals surface area (Å²) in [4.78, 5) is 31.1. The van der Waals surface area contributed by atoms with E-state index < -0.39 is 5.97 Å². The van der Waals surface area contributed by atoms with E-state index in [1.807, 2.05) is 18.2 Å². The second-order valence-corrected chi connectivity index (χ2v) is 7.84. The number of carbonyl (C=O) groups is 2. The smallest absolute Gasteiger partial charge is 0.355 e. The van der Waals surface area contributed by atoms with Crippen molar-refractivity contribution in [3.05, 3.63) is 53.3 Å². The highest BCUT2D eigenvalue weighted by molar-refractivity contribution is 7.18. The van der Waals surface area contributed by atoms with E-state index in [0.29, 0.717) is 18.8 Å². The monoisotopic (exact) mass is 383 g/mol. The lowest BCUT2D eigenvalue weighted by atomic mass is 9.99. The van der Waals surface area contributed by atoms with Gasteiger partial charge in [0.25, 0.3) is 5.91 Å². The van der Waals surface area contributed by atoms with E-state index in [1.54, 1.807) is 46.2 Å². The Bertz CT molecular complexity index is 945. The van der Waals surface area contributed by atoms with Gasteiger partial charge in [0.1, 0.15) is 5.69 Å². The Morgan fingerprint density at radius 3 is 2.89 bits per heavy atom. The molecule has 1 amide bonds. The number of amides is 1. The van der Waals surface area contributed by atoms with E-state index >= 15 is 0 Å². The van der Waals surface area contributed by atoms with Crippen LogP contribution < -0.4 is 0 Å². The van der Waals surface area contributed by atoms with Gasteiger partial charge in [-0.3, -0.25) is 4.79 Å². The molecule has 2 aromatic heterocycles. The van der Waals surface area contributed by atoms with Crippen molar-refractivity contribution in [2.24, 2.45) is 7.05 Å².